The van der Waals surface area contributed by atoms with Crippen LogP contribution in [0.1, 0.15) is 44.9 Å². The first-order valence-electron chi connectivity index (χ1n) is 6.59. The highest BCUT2D eigenvalue weighted by atomic mass is 19.1. The van der Waals surface area contributed by atoms with E-state index < -0.39 is 0 Å². The molecule has 1 unspecified atom stereocenters. The SMILES string of the molecule is CCOC(C)(C)CNC(C)c1cc(F)c(C)cc1F. The van der Waals surface area contributed by atoms with E-state index in [4.69, 9.17) is 4.74 Å². The van der Waals surface area contributed by atoms with Gasteiger partial charge in [-0.1, -0.05) is 0 Å². The Balaban J connectivity index is 2.73. The maximum Gasteiger partial charge on any atom is 0.128 e. The lowest BCUT2D eigenvalue weighted by Gasteiger charge is -2.27. The van der Waals surface area contributed by atoms with Gasteiger partial charge in [0.25, 0.3) is 0 Å². The standard InChI is InChI=1S/C15H23F2NO/c1-6-19-15(4,5)9-18-11(3)12-8-13(16)10(2)7-14(12)17/h7-8,11,18H,6,9H2,1-5H3. The molecule has 0 saturated heterocycles. The van der Waals surface area contributed by atoms with Crippen LogP contribution in [0.2, 0.25) is 0 Å². The third kappa shape index (κ3) is 4.55. The molecule has 0 aliphatic heterocycles. The molecule has 4 heteroatoms. The summed E-state index contributed by atoms with van der Waals surface area (Å²) in [6, 6.07) is 2.22. The summed E-state index contributed by atoms with van der Waals surface area (Å²) in [5.74, 6) is -0.762. The lowest BCUT2D eigenvalue weighted by molar-refractivity contribution is -0.0104. The third-order valence-corrected chi connectivity index (χ3v) is 3.11. The lowest BCUT2D eigenvalue weighted by atomic mass is 10.0. The van der Waals surface area contributed by atoms with Crippen molar-refractivity contribution in [2.45, 2.75) is 46.3 Å². The average Bonchev–Trinajstić information content (AvgIpc) is 2.31. The molecule has 1 rings (SSSR count). The van der Waals surface area contributed by atoms with Gasteiger partial charge in [0, 0.05) is 24.8 Å². The predicted molar refractivity (Wildman–Crippen MR) is 73.2 cm³/mol. The molecule has 0 fully saturated rings. The highest BCUT2D eigenvalue weighted by molar-refractivity contribution is 5.27. The first-order chi connectivity index (χ1) is 8.76. The Morgan fingerprint density at radius 1 is 1.26 bits per heavy atom. The monoisotopic (exact) mass is 271 g/mol. The Morgan fingerprint density at radius 3 is 2.47 bits per heavy atom. The highest BCUT2D eigenvalue weighted by Gasteiger charge is 2.20. The van der Waals surface area contributed by atoms with Gasteiger partial charge in [0.15, 0.2) is 0 Å². The van der Waals surface area contributed by atoms with Crippen molar-refractivity contribution in [3.8, 4) is 0 Å². The number of rotatable bonds is 6. The molecule has 1 aromatic carbocycles. The van der Waals surface area contributed by atoms with Gasteiger partial charge in [-0.15, -0.1) is 0 Å². The van der Waals surface area contributed by atoms with Crippen molar-refractivity contribution in [2.24, 2.45) is 0 Å². The van der Waals surface area contributed by atoms with Crippen molar-refractivity contribution < 1.29 is 13.5 Å². The van der Waals surface area contributed by atoms with Gasteiger partial charge >= 0.3 is 0 Å². The zero-order chi connectivity index (χ0) is 14.6. The quantitative estimate of drug-likeness (QED) is 0.851. The second-order valence-corrected chi connectivity index (χ2v) is 5.42. The molecule has 0 bridgehead atoms. The fourth-order valence-corrected chi connectivity index (χ4v) is 1.94. The molecule has 0 aliphatic rings. The third-order valence-electron chi connectivity index (χ3n) is 3.11. The van der Waals surface area contributed by atoms with E-state index in [0.29, 0.717) is 24.3 Å². The molecule has 0 spiro atoms. The topological polar surface area (TPSA) is 21.3 Å². The summed E-state index contributed by atoms with van der Waals surface area (Å²) in [4.78, 5) is 0. The Bertz CT molecular complexity index is 432. The summed E-state index contributed by atoms with van der Waals surface area (Å²) in [6.07, 6.45) is 0. The fourth-order valence-electron chi connectivity index (χ4n) is 1.94. The van der Waals surface area contributed by atoms with Crippen molar-refractivity contribution in [2.75, 3.05) is 13.2 Å². The maximum atomic E-state index is 13.8. The molecule has 0 saturated carbocycles. The largest absolute Gasteiger partial charge is 0.375 e. The maximum absolute atomic E-state index is 13.8. The molecule has 108 valence electrons. The number of nitrogens with one attached hydrogen (secondary N) is 1. The van der Waals surface area contributed by atoms with Crippen LogP contribution >= 0.6 is 0 Å². The molecule has 19 heavy (non-hydrogen) atoms. The number of ether oxygens (including phenoxy) is 1. The molecule has 2 nitrogen and oxygen atoms in total. The van der Waals surface area contributed by atoms with Crippen LogP contribution in [-0.4, -0.2) is 18.8 Å². The predicted octanol–water partition coefficient (Wildman–Crippen LogP) is 3.74. The highest BCUT2D eigenvalue weighted by Crippen LogP contribution is 2.21. The van der Waals surface area contributed by atoms with Crippen LogP contribution in [0.15, 0.2) is 12.1 Å². The number of benzene rings is 1. The number of hydrogen-bond acceptors (Lipinski definition) is 2. The lowest BCUT2D eigenvalue weighted by Crippen LogP contribution is -2.39. The first kappa shape index (κ1) is 16.1. The minimum Gasteiger partial charge on any atom is -0.375 e. The van der Waals surface area contributed by atoms with Crippen LogP contribution in [0.5, 0.6) is 0 Å². The van der Waals surface area contributed by atoms with E-state index in [1.54, 1.807) is 6.92 Å². The Kier molecular flexibility index (Phi) is 5.44. The number of aryl methyl sites for hydroxylation is 1. The van der Waals surface area contributed by atoms with Gasteiger partial charge in [-0.25, -0.2) is 8.78 Å². The minimum atomic E-state index is -0.381. The Labute approximate surface area is 114 Å². The van der Waals surface area contributed by atoms with E-state index in [1.807, 2.05) is 27.7 Å². The summed E-state index contributed by atoms with van der Waals surface area (Å²) in [6.45, 7) is 10.4. The smallest absolute Gasteiger partial charge is 0.128 e. The second-order valence-electron chi connectivity index (χ2n) is 5.42. The molecular formula is C15H23F2NO. The van der Waals surface area contributed by atoms with E-state index in [9.17, 15) is 8.78 Å². The molecule has 0 aromatic heterocycles. The van der Waals surface area contributed by atoms with E-state index in [1.165, 1.54) is 12.1 Å². The van der Waals surface area contributed by atoms with Gasteiger partial charge in [0.05, 0.1) is 5.60 Å². The van der Waals surface area contributed by atoms with Crippen LogP contribution in [0.4, 0.5) is 8.78 Å². The van der Waals surface area contributed by atoms with Crippen molar-refractivity contribution >= 4 is 0 Å². The second kappa shape index (κ2) is 6.44. The molecule has 1 aromatic rings. The van der Waals surface area contributed by atoms with Crippen LogP contribution < -0.4 is 5.32 Å². The fraction of sp³-hybridized carbons (Fsp3) is 0.600. The van der Waals surface area contributed by atoms with E-state index in [-0.39, 0.29) is 23.3 Å². The van der Waals surface area contributed by atoms with Gasteiger partial charge < -0.3 is 10.1 Å². The molecule has 1 atom stereocenters. The summed E-state index contributed by atoms with van der Waals surface area (Å²) in [5.41, 5.74) is 0.335. The van der Waals surface area contributed by atoms with Crippen LogP contribution in [0.25, 0.3) is 0 Å². The Hall–Kier alpha value is -1.00. The zero-order valence-electron chi connectivity index (χ0n) is 12.3. The molecule has 0 amide bonds. The van der Waals surface area contributed by atoms with E-state index in [2.05, 4.69) is 5.32 Å². The summed E-state index contributed by atoms with van der Waals surface area (Å²) >= 11 is 0. The Morgan fingerprint density at radius 2 is 1.89 bits per heavy atom. The zero-order valence-corrected chi connectivity index (χ0v) is 12.3. The first-order valence-corrected chi connectivity index (χ1v) is 6.59. The van der Waals surface area contributed by atoms with Crippen LogP contribution in [0.3, 0.4) is 0 Å². The van der Waals surface area contributed by atoms with Crippen molar-refractivity contribution in [3.05, 3.63) is 34.9 Å². The van der Waals surface area contributed by atoms with Crippen molar-refractivity contribution in [1.29, 1.82) is 0 Å². The molecular weight excluding hydrogens is 248 g/mol. The molecule has 0 aliphatic carbocycles. The van der Waals surface area contributed by atoms with E-state index in [0.717, 1.165) is 0 Å². The van der Waals surface area contributed by atoms with E-state index >= 15 is 0 Å². The van der Waals surface area contributed by atoms with Gasteiger partial charge in [-0.2, -0.15) is 0 Å². The summed E-state index contributed by atoms with van der Waals surface area (Å²) < 4.78 is 32.9. The van der Waals surface area contributed by atoms with Crippen LogP contribution in [-0.2, 0) is 4.74 Å². The molecule has 0 heterocycles. The summed E-state index contributed by atoms with van der Waals surface area (Å²) in [5, 5.41) is 3.18. The molecule has 0 radical (unpaired) electrons. The van der Waals surface area contributed by atoms with Crippen molar-refractivity contribution in [3.63, 3.8) is 0 Å². The van der Waals surface area contributed by atoms with Crippen molar-refractivity contribution in [1.82, 2.24) is 5.32 Å². The van der Waals surface area contributed by atoms with Gasteiger partial charge in [0.1, 0.15) is 11.6 Å². The van der Waals surface area contributed by atoms with Gasteiger partial charge in [-0.3, -0.25) is 0 Å². The van der Waals surface area contributed by atoms with Gasteiger partial charge in [0.2, 0.25) is 0 Å². The number of halogens is 2. The number of hydrogen-bond donors (Lipinski definition) is 1. The van der Waals surface area contributed by atoms with Crippen LogP contribution in [0, 0.1) is 18.6 Å². The summed E-state index contributed by atoms with van der Waals surface area (Å²) in [7, 11) is 0. The normalized spacial score (nSPS) is 13.6. The average molecular weight is 271 g/mol. The molecule has 1 N–H and O–H groups in total. The minimum absolute atomic E-state index is 0.269. The van der Waals surface area contributed by atoms with Gasteiger partial charge in [-0.05, 0) is 52.3 Å².